The highest BCUT2D eigenvalue weighted by molar-refractivity contribution is 7.99. The summed E-state index contributed by atoms with van der Waals surface area (Å²) in [5.41, 5.74) is 0.606. The molecule has 0 aliphatic carbocycles. The third kappa shape index (κ3) is 3.23. The van der Waals surface area contributed by atoms with E-state index in [9.17, 15) is 9.59 Å². The Morgan fingerprint density at radius 3 is 3.00 bits per heavy atom. The number of carbonyl (C=O) groups excluding carboxylic acids is 1. The van der Waals surface area contributed by atoms with E-state index >= 15 is 0 Å². The molecule has 0 amide bonds. The van der Waals surface area contributed by atoms with E-state index in [0.29, 0.717) is 28.4 Å². The molecule has 1 fully saturated rings. The van der Waals surface area contributed by atoms with Crippen molar-refractivity contribution in [2.75, 3.05) is 12.4 Å². The Kier molecular flexibility index (Phi) is 4.59. The first-order chi connectivity index (χ1) is 10.6. The topological polar surface area (TPSA) is 61.2 Å². The SMILES string of the molecule is CC(=O)CSc1nc2ccccc2c(=O)n1CC1CCCO1. The largest absolute Gasteiger partial charge is 0.376 e. The van der Waals surface area contributed by atoms with Gasteiger partial charge in [-0.2, -0.15) is 0 Å². The van der Waals surface area contributed by atoms with Gasteiger partial charge in [-0.1, -0.05) is 23.9 Å². The molecular weight excluding hydrogens is 300 g/mol. The molecule has 3 rings (SSSR count). The van der Waals surface area contributed by atoms with Gasteiger partial charge in [-0.15, -0.1) is 0 Å². The lowest BCUT2D eigenvalue weighted by atomic mass is 10.2. The number of aromatic nitrogens is 2. The Hall–Kier alpha value is -1.66. The number of thioether (sulfide) groups is 1. The lowest BCUT2D eigenvalue weighted by Gasteiger charge is -2.16. The summed E-state index contributed by atoms with van der Waals surface area (Å²) in [5, 5.41) is 1.20. The number of carbonyl (C=O) groups is 1. The summed E-state index contributed by atoms with van der Waals surface area (Å²) >= 11 is 1.31. The molecule has 1 atom stereocenters. The van der Waals surface area contributed by atoms with Crippen LogP contribution in [0.15, 0.2) is 34.2 Å². The zero-order valence-electron chi connectivity index (χ0n) is 12.4. The van der Waals surface area contributed by atoms with Crippen molar-refractivity contribution in [3.8, 4) is 0 Å². The number of benzene rings is 1. The highest BCUT2D eigenvalue weighted by atomic mass is 32.2. The first kappa shape index (κ1) is 15.2. The minimum Gasteiger partial charge on any atom is -0.376 e. The molecule has 1 saturated heterocycles. The molecule has 1 aromatic carbocycles. The lowest BCUT2D eigenvalue weighted by molar-refractivity contribution is -0.114. The quantitative estimate of drug-likeness (QED) is 0.625. The molecular formula is C16H18N2O3S. The van der Waals surface area contributed by atoms with E-state index in [1.807, 2.05) is 18.2 Å². The third-order valence-electron chi connectivity index (χ3n) is 3.64. The molecule has 2 aromatic rings. The van der Waals surface area contributed by atoms with Gasteiger partial charge in [0.1, 0.15) is 5.78 Å². The van der Waals surface area contributed by atoms with E-state index in [2.05, 4.69) is 4.98 Å². The second kappa shape index (κ2) is 6.62. The van der Waals surface area contributed by atoms with Crippen molar-refractivity contribution in [2.45, 2.75) is 37.6 Å². The molecule has 0 saturated carbocycles. The van der Waals surface area contributed by atoms with Gasteiger partial charge in [-0.05, 0) is 31.9 Å². The van der Waals surface area contributed by atoms with Crippen LogP contribution in [0.5, 0.6) is 0 Å². The Morgan fingerprint density at radius 2 is 2.27 bits per heavy atom. The summed E-state index contributed by atoms with van der Waals surface area (Å²) < 4.78 is 7.30. The number of para-hydroxylation sites is 1. The first-order valence-electron chi connectivity index (χ1n) is 7.38. The molecule has 1 unspecified atom stereocenters. The number of Topliss-reactive ketones (excluding diaryl/α,β-unsaturated/α-hetero) is 1. The average molecular weight is 318 g/mol. The average Bonchev–Trinajstić information content (AvgIpc) is 3.01. The fourth-order valence-corrected chi connectivity index (χ4v) is 3.39. The van der Waals surface area contributed by atoms with Gasteiger partial charge in [0.2, 0.25) is 0 Å². The van der Waals surface area contributed by atoms with Gasteiger partial charge in [0, 0.05) is 6.61 Å². The van der Waals surface area contributed by atoms with Crippen molar-refractivity contribution >= 4 is 28.4 Å². The molecule has 116 valence electrons. The summed E-state index contributed by atoms with van der Waals surface area (Å²) in [4.78, 5) is 28.6. The van der Waals surface area contributed by atoms with Crippen LogP contribution in [0.2, 0.25) is 0 Å². The maximum absolute atomic E-state index is 12.8. The lowest BCUT2D eigenvalue weighted by Crippen LogP contribution is -2.29. The Balaban J connectivity index is 2.03. The van der Waals surface area contributed by atoms with Crippen molar-refractivity contribution < 1.29 is 9.53 Å². The molecule has 1 aromatic heterocycles. The van der Waals surface area contributed by atoms with Gasteiger partial charge >= 0.3 is 0 Å². The number of hydrogen-bond donors (Lipinski definition) is 0. The first-order valence-corrected chi connectivity index (χ1v) is 8.37. The Labute approximate surface area is 132 Å². The van der Waals surface area contributed by atoms with Crippen LogP contribution in [0.1, 0.15) is 19.8 Å². The van der Waals surface area contributed by atoms with E-state index in [1.165, 1.54) is 18.7 Å². The smallest absolute Gasteiger partial charge is 0.262 e. The highest BCUT2D eigenvalue weighted by Gasteiger charge is 2.20. The summed E-state index contributed by atoms with van der Waals surface area (Å²) in [6.45, 7) is 2.78. The zero-order chi connectivity index (χ0) is 15.5. The fraction of sp³-hybridized carbons (Fsp3) is 0.438. The molecule has 1 aliphatic heterocycles. The van der Waals surface area contributed by atoms with Gasteiger partial charge in [-0.3, -0.25) is 14.2 Å². The summed E-state index contributed by atoms with van der Waals surface area (Å²) in [6.07, 6.45) is 2.03. The van der Waals surface area contributed by atoms with Crippen LogP contribution in [0.4, 0.5) is 0 Å². The van der Waals surface area contributed by atoms with Gasteiger partial charge in [-0.25, -0.2) is 4.98 Å². The molecule has 0 spiro atoms. The van der Waals surface area contributed by atoms with E-state index in [-0.39, 0.29) is 17.4 Å². The molecule has 2 heterocycles. The molecule has 0 N–H and O–H groups in total. The van der Waals surface area contributed by atoms with Gasteiger partial charge in [0.15, 0.2) is 5.16 Å². The standard InChI is InChI=1S/C16H18N2O3S/c1-11(19)10-22-16-17-14-7-3-2-6-13(14)15(20)18(16)9-12-5-4-8-21-12/h2-3,6-7,12H,4-5,8-10H2,1H3. The van der Waals surface area contributed by atoms with Crippen LogP contribution in [-0.4, -0.2) is 33.8 Å². The number of hydrogen-bond acceptors (Lipinski definition) is 5. The summed E-state index contributed by atoms with van der Waals surface area (Å²) in [5.74, 6) is 0.382. The molecule has 0 radical (unpaired) electrons. The molecule has 1 aliphatic rings. The number of rotatable bonds is 5. The fourth-order valence-electron chi connectivity index (χ4n) is 2.58. The normalized spacial score (nSPS) is 18.0. The number of ether oxygens (including phenoxy) is 1. The van der Waals surface area contributed by atoms with Crippen molar-refractivity contribution in [3.05, 3.63) is 34.6 Å². The van der Waals surface area contributed by atoms with Crippen molar-refractivity contribution in [1.29, 1.82) is 0 Å². The second-order valence-corrected chi connectivity index (χ2v) is 6.40. The van der Waals surface area contributed by atoms with Crippen molar-refractivity contribution in [1.82, 2.24) is 9.55 Å². The Bertz CT molecular complexity index is 751. The summed E-state index contributed by atoms with van der Waals surface area (Å²) in [6, 6.07) is 7.31. The number of ketones is 1. The predicted octanol–water partition coefficient (Wildman–Crippen LogP) is 2.26. The van der Waals surface area contributed by atoms with Gasteiger partial charge < -0.3 is 4.74 Å². The number of fused-ring (bicyclic) bond motifs is 1. The second-order valence-electron chi connectivity index (χ2n) is 5.45. The van der Waals surface area contributed by atoms with Crippen LogP contribution in [0.3, 0.4) is 0 Å². The van der Waals surface area contributed by atoms with Gasteiger partial charge in [0.25, 0.3) is 5.56 Å². The zero-order valence-corrected chi connectivity index (χ0v) is 13.3. The molecule has 22 heavy (non-hydrogen) atoms. The third-order valence-corrected chi connectivity index (χ3v) is 4.76. The highest BCUT2D eigenvalue weighted by Crippen LogP contribution is 2.20. The monoisotopic (exact) mass is 318 g/mol. The number of nitrogens with zero attached hydrogens (tertiary/aromatic N) is 2. The Morgan fingerprint density at radius 1 is 1.45 bits per heavy atom. The van der Waals surface area contributed by atoms with E-state index in [1.54, 1.807) is 10.6 Å². The summed E-state index contributed by atoms with van der Waals surface area (Å²) in [7, 11) is 0. The minimum absolute atomic E-state index is 0.0531. The maximum atomic E-state index is 12.8. The van der Waals surface area contributed by atoms with Crippen LogP contribution >= 0.6 is 11.8 Å². The van der Waals surface area contributed by atoms with E-state index in [4.69, 9.17) is 4.74 Å². The van der Waals surface area contributed by atoms with Crippen LogP contribution in [0.25, 0.3) is 10.9 Å². The molecule has 6 heteroatoms. The van der Waals surface area contributed by atoms with Crippen molar-refractivity contribution in [3.63, 3.8) is 0 Å². The van der Waals surface area contributed by atoms with E-state index in [0.717, 1.165) is 19.4 Å². The maximum Gasteiger partial charge on any atom is 0.262 e. The van der Waals surface area contributed by atoms with Crippen LogP contribution in [-0.2, 0) is 16.1 Å². The van der Waals surface area contributed by atoms with Crippen molar-refractivity contribution in [2.24, 2.45) is 0 Å². The van der Waals surface area contributed by atoms with Gasteiger partial charge in [0.05, 0.1) is 29.3 Å². The van der Waals surface area contributed by atoms with Crippen LogP contribution in [0, 0.1) is 0 Å². The minimum atomic E-state index is -0.0628. The van der Waals surface area contributed by atoms with E-state index < -0.39 is 0 Å². The molecule has 5 nitrogen and oxygen atoms in total. The predicted molar refractivity (Wildman–Crippen MR) is 86.4 cm³/mol. The molecule has 0 bridgehead atoms. The van der Waals surface area contributed by atoms with Crippen LogP contribution < -0.4 is 5.56 Å².